The van der Waals surface area contributed by atoms with Crippen LogP contribution in [0, 0.1) is 0 Å². The molecule has 4 rings (SSSR count). The van der Waals surface area contributed by atoms with Crippen molar-refractivity contribution in [2.24, 2.45) is 0 Å². The van der Waals surface area contributed by atoms with Gasteiger partial charge in [0, 0.05) is 0 Å². The smallest absolute Gasteiger partial charge is 0.0159 e. The van der Waals surface area contributed by atoms with Crippen molar-refractivity contribution in [3.05, 3.63) is 34.9 Å². The van der Waals surface area contributed by atoms with Gasteiger partial charge < -0.3 is 0 Å². The Bertz CT molecular complexity index is 469. The lowest BCUT2D eigenvalue weighted by atomic mass is 9.82. The molecule has 0 amide bonds. The number of hydrogen-bond donors (Lipinski definition) is 0. The largest absolute Gasteiger partial charge is 0.0585 e. The van der Waals surface area contributed by atoms with Gasteiger partial charge in [0.15, 0.2) is 0 Å². The molecule has 0 heterocycles. The second-order valence-electron chi connectivity index (χ2n) is 7.83. The van der Waals surface area contributed by atoms with Crippen LogP contribution in [0.5, 0.6) is 0 Å². The number of rotatable bonds is 3. The molecule has 0 heteroatoms. The van der Waals surface area contributed by atoms with Crippen LogP contribution in [0.25, 0.3) is 0 Å². The highest BCUT2D eigenvalue weighted by Gasteiger charge is 2.27. The van der Waals surface area contributed by atoms with Crippen molar-refractivity contribution in [2.75, 3.05) is 0 Å². The fraction of sp³-hybridized carbons (Fsp3) is 0.714. The summed E-state index contributed by atoms with van der Waals surface area (Å²) in [6.45, 7) is 0. The molecule has 0 unspecified atom stereocenters. The molecule has 0 N–H and O–H groups in total. The maximum atomic E-state index is 2.67. The maximum absolute atomic E-state index is 2.67. The zero-order valence-electron chi connectivity index (χ0n) is 13.4. The average molecular weight is 282 g/mol. The topological polar surface area (TPSA) is 0 Å². The van der Waals surface area contributed by atoms with E-state index in [9.17, 15) is 0 Å². The van der Waals surface area contributed by atoms with Gasteiger partial charge in [-0.2, -0.15) is 0 Å². The summed E-state index contributed by atoms with van der Waals surface area (Å²) in [7, 11) is 0. The van der Waals surface area contributed by atoms with E-state index < -0.39 is 0 Å². The fourth-order valence-corrected chi connectivity index (χ4v) is 5.31. The molecule has 3 saturated carbocycles. The van der Waals surface area contributed by atoms with Gasteiger partial charge in [0.1, 0.15) is 0 Å². The molecule has 3 aliphatic rings. The maximum Gasteiger partial charge on any atom is -0.0159 e. The summed E-state index contributed by atoms with van der Waals surface area (Å²) < 4.78 is 0. The summed E-state index contributed by atoms with van der Waals surface area (Å²) in [6.07, 6.45) is 17.4. The van der Waals surface area contributed by atoms with Crippen LogP contribution in [0.15, 0.2) is 18.2 Å². The van der Waals surface area contributed by atoms with Crippen LogP contribution in [0.2, 0.25) is 0 Å². The van der Waals surface area contributed by atoms with Crippen LogP contribution in [0.3, 0.4) is 0 Å². The lowest BCUT2D eigenvalue weighted by Crippen LogP contribution is -2.05. The summed E-state index contributed by atoms with van der Waals surface area (Å²) in [5, 5.41) is 0. The monoisotopic (exact) mass is 282 g/mol. The highest BCUT2D eigenvalue weighted by molar-refractivity contribution is 5.39. The number of hydrogen-bond acceptors (Lipinski definition) is 0. The summed E-state index contributed by atoms with van der Waals surface area (Å²) in [5.41, 5.74) is 5.21. The predicted molar refractivity (Wildman–Crippen MR) is 90.1 cm³/mol. The molecule has 114 valence electrons. The molecule has 0 nitrogen and oxygen atoms in total. The predicted octanol–water partition coefficient (Wildman–Crippen LogP) is 6.66. The van der Waals surface area contributed by atoms with Gasteiger partial charge in [-0.25, -0.2) is 0 Å². The van der Waals surface area contributed by atoms with Crippen molar-refractivity contribution in [1.82, 2.24) is 0 Å². The van der Waals surface area contributed by atoms with Crippen LogP contribution < -0.4 is 0 Å². The number of benzene rings is 1. The van der Waals surface area contributed by atoms with E-state index in [1.54, 1.807) is 16.7 Å². The van der Waals surface area contributed by atoms with Gasteiger partial charge in [-0.3, -0.25) is 0 Å². The first-order chi connectivity index (χ1) is 10.4. The van der Waals surface area contributed by atoms with Crippen molar-refractivity contribution in [3.8, 4) is 0 Å². The summed E-state index contributed by atoms with van der Waals surface area (Å²) >= 11 is 0. The first-order valence-electron chi connectivity index (χ1n) is 9.55. The molecule has 0 atom stereocenters. The van der Waals surface area contributed by atoms with Crippen molar-refractivity contribution in [3.63, 3.8) is 0 Å². The molecule has 3 fully saturated rings. The molecule has 0 aromatic heterocycles. The van der Waals surface area contributed by atoms with Crippen molar-refractivity contribution < 1.29 is 0 Å². The van der Waals surface area contributed by atoms with Crippen LogP contribution in [0.1, 0.15) is 111 Å². The van der Waals surface area contributed by atoms with E-state index in [1.165, 1.54) is 77.0 Å². The zero-order valence-corrected chi connectivity index (χ0v) is 13.4. The Hall–Kier alpha value is -0.780. The summed E-state index contributed by atoms with van der Waals surface area (Å²) in [5.74, 6) is 2.66. The lowest BCUT2D eigenvalue weighted by molar-refractivity contribution is 0.656. The van der Waals surface area contributed by atoms with Gasteiger partial charge in [0.25, 0.3) is 0 Å². The van der Waals surface area contributed by atoms with Crippen molar-refractivity contribution >= 4 is 0 Å². The summed E-state index contributed by atoms with van der Waals surface area (Å²) in [6, 6.07) is 7.72. The molecule has 1 aromatic rings. The van der Waals surface area contributed by atoms with Crippen LogP contribution >= 0.6 is 0 Å². The molecule has 3 aliphatic carbocycles. The van der Waals surface area contributed by atoms with Crippen molar-refractivity contribution in [2.45, 2.75) is 94.8 Å². The Morgan fingerprint density at radius 1 is 0.524 bits per heavy atom. The molecule has 0 radical (unpaired) electrons. The third-order valence-electron chi connectivity index (χ3n) is 6.53. The standard InChI is InChI=1S/C21H30/c1-2-8-16(7-1)19-13-14-20(17-9-3-4-10-17)21(15-19)18-11-5-6-12-18/h13-18H,1-12H2. The quantitative estimate of drug-likeness (QED) is 0.581. The molecule has 1 aromatic carbocycles. The van der Waals surface area contributed by atoms with E-state index in [0.717, 1.165) is 17.8 Å². The highest BCUT2D eigenvalue weighted by Crippen LogP contribution is 2.44. The molecular formula is C21H30. The van der Waals surface area contributed by atoms with E-state index in [1.807, 2.05) is 0 Å². The summed E-state index contributed by atoms with van der Waals surface area (Å²) in [4.78, 5) is 0. The minimum absolute atomic E-state index is 0.878. The zero-order chi connectivity index (χ0) is 14.1. The van der Waals surface area contributed by atoms with E-state index >= 15 is 0 Å². The van der Waals surface area contributed by atoms with E-state index in [4.69, 9.17) is 0 Å². The second kappa shape index (κ2) is 6.15. The molecular weight excluding hydrogens is 252 g/mol. The van der Waals surface area contributed by atoms with Crippen LogP contribution in [-0.4, -0.2) is 0 Å². The molecule has 21 heavy (non-hydrogen) atoms. The molecule has 0 saturated heterocycles. The molecule has 0 spiro atoms. The minimum atomic E-state index is 0.878. The molecule has 0 aliphatic heterocycles. The Kier molecular flexibility index (Phi) is 4.05. The van der Waals surface area contributed by atoms with Crippen LogP contribution in [-0.2, 0) is 0 Å². The average Bonchev–Trinajstić information content (AvgIpc) is 3.28. The van der Waals surface area contributed by atoms with E-state index in [2.05, 4.69) is 18.2 Å². The van der Waals surface area contributed by atoms with E-state index in [-0.39, 0.29) is 0 Å². The molecule has 0 bridgehead atoms. The van der Waals surface area contributed by atoms with Crippen molar-refractivity contribution in [1.29, 1.82) is 0 Å². The third kappa shape index (κ3) is 2.79. The fourth-order valence-electron chi connectivity index (χ4n) is 5.31. The van der Waals surface area contributed by atoms with Gasteiger partial charge in [-0.15, -0.1) is 0 Å². The Balaban J connectivity index is 1.68. The normalized spacial score (nSPS) is 25.1. The van der Waals surface area contributed by atoms with Gasteiger partial charge in [0.2, 0.25) is 0 Å². The highest BCUT2D eigenvalue weighted by atomic mass is 14.3. The lowest BCUT2D eigenvalue weighted by Gasteiger charge is -2.22. The third-order valence-corrected chi connectivity index (χ3v) is 6.53. The first-order valence-corrected chi connectivity index (χ1v) is 9.55. The Morgan fingerprint density at radius 3 is 1.57 bits per heavy atom. The Morgan fingerprint density at radius 2 is 1.00 bits per heavy atom. The van der Waals surface area contributed by atoms with Gasteiger partial charge in [-0.05, 0) is 73.0 Å². The van der Waals surface area contributed by atoms with Gasteiger partial charge >= 0.3 is 0 Å². The van der Waals surface area contributed by atoms with Gasteiger partial charge in [-0.1, -0.05) is 56.7 Å². The van der Waals surface area contributed by atoms with Crippen LogP contribution in [0.4, 0.5) is 0 Å². The Labute approximate surface area is 130 Å². The van der Waals surface area contributed by atoms with Gasteiger partial charge in [0.05, 0.1) is 0 Å². The van der Waals surface area contributed by atoms with E-state index in [0.29, 0.717) is 0 Å². The first kappa shape index (κ1) is 13.9. The SMILES string of the molecule is c1cc(C2CCCC2)c(C2CCCC2)cc1C1CCCC1. The minimum Gasteiger partial charge on any atom is -0.0585 e. The second-order valence-corrected chi connectivity index (χ2v) is 7.83.